The standard InChI is InChI=1S/C15H17F2NO4/c1-22-11-6-10(7-14(20)21)18(8-11)13(19)5-9-3-2-4-12(16)15(9)17/h2-4,10-11H,5-8H2,1H3,(H,20,21). The van der Waals surface area contributed by atoms with E-state index >= 15 is 0 Å². The van der Waals surface area contributed by atoms with Gasteiger partial charge in [-0.3, -0.25) is 9.59 Å². The molecule has 22 heavy (non-hydrogen) atoms. The molecule has 1 aliphatic rings. The molecule has 0 spiro atoms. The Morgan fingerprint density at radius 2 is 2.14 bits per heavy atom. The number of halogens is 2. The van der Waals surface area contributed by atoms with Crippen LogP contribution in [-0.2, 0) is 20.7 Å². The van der Waals surface area contributed by atoms with Gasteiger partial charge < -0.3 is 14.7 Å². The summed E-state index contributed by atoms with van der Waals surface area (Å²) in [6, 6.07) is 3.16. The van der Waals surface area contributed by atoms with Crippen LogP contribution in [0.5, 0.6) is 0 Å². The minimum Gasteiger partial charge on any atom is -0.481 e. The SMILES string of the molecule is COC1CC(CC(=O)O)N(C(=O)Cc2cccc(F)c2F)C1. The van der Waals surface area contributed by atoms with Crippen LogP contribution in [-0.4, -0.2) is 47.7 Å². The average molecular weight is 313 g/mol. The number of nitrogens with zero attached hydrogens (tertiary/aromatic N) is 1. The zero-order valence-corrected chi connectivity index (χ0v) is 12.1. The van der Waals surface area contributed by atoms with E-state index in [1.165, 1.54) is 24.1 Å². The predicted molar refractivity (Wildman–Crippen MR) is 73.2 cm³/mol. The molecule has 2 atom stereocenters. The summed E-state index contributed by atoms with van der Waals surface area (Å²) in [7, 11) is 1.49. The molecule has 0 bridgehead atoms. The van der Waals surface area contributed by atoms with Crippen molar-refractivity contribution in [3.63, 3.8) is 0 Å². The van der Waals surface area contributed by atoms with Crippen molar-refractivity contribution in [2.45, 2.75) is 31.4 Å². The van der Waals surface area contributed by atoms with Crippen LogP contribution < -0.4 is 0 Å². The van der Waals surface area contributed by atoms with Gasteiger partial charge in [-0.25, -0.2) is 8.78 Å². The van der Waals surface area contributed by atoms with Crippen LogP contribution in [0.25, 0.3) is 0 Å². The van der Waals surface area contributed by atoms with Crippen molar-refractivity contribution in [2.75, 3.05) is 13.7 Å². The number of likely N-dealkylation sites (tertiary alicyclic amines) is 1. The van der Waals surface area contributed by atoms with E-state index in [2.05, 4.69) is 0 Å². The van der Waals surface area contributed by atoms with Gasteiger partial charge in [0, 0.05) is 25.3 Å². The fraction of sp³-hybridized carbons (Fsp3) is 0.467. The number of methoxy groups -OCH3 is 1. The summed E-state index contributed by atoms with van der Waals surface area (Å²) in [6.45, 7) is 0.254. The van der Waals surface area contributed by atoms with Gasteiger partial charge in [-0.15, -0.1) is 0 Å². The maximum Gasteiger partial charge on any atom is 0.305 e. The van der Waals surface area contributed by atoms with Crippen LogP contribution in [0.4, 0.5) is 8.78 Å². The molecule has 1 fully saturated rings. The van der Waals surface area contributed by atoms with E-state index in [-0.39, 0.29) is 31.1 Å². The molecule has 1 amide bonds. The first kappa shape index (κ1) is 16.4. The molecule has 1 aromatic rings. The van der Waals surface area contributed by atoms with Gasteiger partial charge in [-0.05, 0) is 12.5 Å². The van der Waals surface area contributed by atoms with Crippen molar-refractivity contribution in [2.24, 2.45) is 0 Å². The highest BCUT2D eigenvalue weighted by Crippen LogP contribution is 2.24. The van der Waals surface area contributed by atoms with E-state index in [9.17, 15) is 18.4 Å². The summed E-state index contributed by atoms with van der Waals surface area (Å²) in [5, 5.41) is 8.91. The number of rotatable bonds is 5. The van der Waals surface area contributed by atoms with E-state index in [0.29, 0.717) is 6.42 Å². The molecule has 2 rings (SSSR count). The second-order valence-corrected chi connectivity index (χ2v) is 5.28. The maximum atomic E-state index is 13.6. The molecule has 1 aromatic carbocycles. The quantitative estimate of drug-likeness (QED) is 0.896. The van der Waals surface area contributed by atoms with Gasteiger partial charge in [0.1, 0.15) is 0 Å². The minimum absolute atomic E-state index is 0.0417. The number of hydrogen-bond donors (Lipinski definition) is 1. The zero-order chi connectivity index (χ0) is 16.3. The third-order valence-electron chi connectivity index (χ3n) is 3.81. The fourth-order valence-electron chi connectivity index (χ4n) is 2.69. The Morgan fingerprint density at radius 3 is 2.77 bits per heavy atom. The first-order valence-electron chi connectivity index (χ1n) is 6.89. The topological polar surface area (TPSA) is 66.8 Å². The molecule has 1 heterocycles. The van der Waals surface area contributed by atoms with Crippen molar-refractivity contribution in [1.82, 2.24) is 4.90 Å². The molecule has 5 nitrogen and oxygen atoms in total. The summed E-state index contributed by atoms with van der Waals surface area (Å²) < 4.78 is 32.0. The Morgan fingerprint density at radius 1 is 1.41 bits per heavy atom. The lowest BCUT2D eigenvalue weighted by molar-refractivity contribution is -0.139. The monoisotopic (exact) mass is 313 g/mol. The van der Waals surface area contributed by atoms with Crippen molar-refractivity contribution >= 4 is 11.9 Å². The first-order valence-corrected chi connectivity index (χ1v) is 6.89. The Hall–Kier alpha value is -2.02. The van der Waals surface area contributed by atoms with Gasteiger partial charge in [0.05, 0.1) is 18.9 Å². The van der Waals surface area contributed by atoms with Gasteiger partial charge in [0.2, 0.25) is 5.91 Å². The number of amides is 1. The molecule has 1 saturated heterocycles. The van der Waals surface area contributed by atoms with Gasteiger partial charge in [0.15, 0.2) is 11.6 Å². The third kappa shape index (κ3) is 3.59. The summed E-state index contributed by atoms with van der Waals surface area (Å²) in [5.41, 5.74) is -0.0417. The maximum absolute atomic E-state index is 13.6. The van der Waals surface area contributed by atoms with Crippen molar-refractivity contribution in [3.8, 4) is 0 Å². The molecule has 1 N–H and O–H groups in total. The van der Waals surface area contributed by atoms with Crippen LogP contribution in [0.3, 0.4) is 0 Å². The van der Waals surface area contributed by atoms with Crippen LogP contribution in [0.2, 0.25) is 0 Å². The van der Waals surface area contributed by atoms with E-state index in [1.807, 2.05) is 0 Å². The molecule has 0 aromatic heterocycles. The second kappa shape index (κ2) is 6.83. The van der Waals surface area contributed by atoms with Crippen molar-refractivity contribution in [3.05, 3.63) is 35.4 Å². The number of carbonyl (C=O) groups is 2. The van der Waals surface area contributed by atoms with Gasteiger partial charge in [-0.2, -0.15) is 0 Å². The summed E-state index contributed by atoms with van der Waals surface area (Å²) >= 11 is 0. The highest BCUT2D eigenvalue weighted by molar-refractivity contribution is 5.80. The number of carboxylic acid groups (broad SMARTS) is 1. The van der Waals surface area contributed by atoms with Crippen LogP contribution in [0.15, 0.2) is 18.2 Å². The van der Waals surface area contributed by atoms with Gasteiger partial charge in [-0.1, -0.05) is 12.1 Å². The number of hydrogen-bond acceptors (Lipinski definition) is 3. The molecular weight excluding hydrogens is 296 g/mol. The number of benzene rings is 1. The van der Waals surface area contributed by atoms with Crippen molar-refractivity contribution in [1.29, 1.82) is 0 Å². The third-order valence-corrected chi connectivity index (χ3v) is 3.81. The molecule has 0 radical (unpaired) electrons. The fourth-order valence-corrected chi connectivity index (χ4v) is 2.69. The largest absolute Gasteiger partial charge is 0.481 e. The number of carboxylic acids is 1. The minimum atomic E-state index is -1.05. The lowest BCUT2D eigenvalue weighted by Gasteiger charge is -2.23. The Bertz CT molecular complexity index is 579. The normalized spacial score (nSPS) is 21.1. The zero-order valence-electron chi connectivity index (χ0n) is 12.1. The van der Waals surface area contributed by atoms with Crippen LogP contribution in [0, 0.1) is 11.6 Å². The molecular formula is C15H17F2NO4. The van der Waals surface area contributed by atoms with Crippen LogP contribution >= 0.6 is 0 Å². The Labute approximate surface area is 126 Å². The molecule has 2 unspecified atom stereocenters. The second-order valence-electron chi connectivity index (χ2n) is 5.28. The lowest BCUT2D eigenvalue weighted by atomic mass is 10.1. The first-order chi connectivity index (χ1) is 10.4. The van der Waals surface area contributed by atoms with Gasteiger partial charge >= 0.3 is 5.97 Å². The highest BCUT2D eigenvalue weighted by atomic mass is 19.2. The smallest absolute Gasteiger partial charge is 0.305 e. The lowest BCUT2D eigenvalue weighted by Crippen LogP contribution is -2.38. The molecule has 0 aliphatic carbocycles. The predicted octanol–water partition coefficient (Wildman–Crippen LogP) is 1.60. The van der Waals surface area contributed by atoms with Gasteiger partial charge in [0.25, 0.3) is 0 Å². The molecule has 120 valence electrons. The summed E-state index contributed by atoms with van der Waals surface area (Å²) in [5.74, 6) is -3.51. The molecule has 7 heteroatoms. The average Bonchev–Trinajstić information content (AvgIpc) is 2.86. The van der Waals surface area contributed by atoms with Crippen molar-refractivity contribution < 1.29 is 28.2 Å². The number of carbonyl (C=O) groups excluding carboxylic acids is 1. The highest BCUT2D eigenvalue weighted by Gasteiger charge is 2.36. The van der Waals surface area contributed by atoms with Crippen LogP contribution in [0.1, 0.15) is 18.4 Å². The number of aliphatic carboxylic acids is 1. The van der Waals surface area contributed by atoms with E-state index in [4.69, 9.17) is 9.84 Å². The Balaban J connectivity index is 2.12. The summed E-state index contributed by atoms with van der Waals surface area (Å²) in [4.78, 5) is 24.6. The number of ether oxygens (including phenoxy) is 1. The molecule has 0 saturated carbocycles. The van der Waals surface area contributed by atoms with E-state index < -0.39 is 29.6 Å². The molecule has 1 aliphatic heterocycles. The van der Waals surface area contributed by atoms with E-state index in [1.54, 1.807) is 0 Å². The van der Waals surface area contributed by atoms with E-state index in [0.717, 1.165) is 6.07 Å². The summed E-state index contributed by atoms with van der Waals surface area (Å²) in [6.07, 6.45) is -0.334. The Kier molecular flexibility index (Phi) is 5.07.